The number of nitrogens with zero attached hydrogens (tertiary/aromatic N) is 1. The lowest BCUT2D eigenvalue weighted by Crippen LogP contribution is -2.31. The van der Waals surface area contributed by atoms with Gasteiger partial charge < -0.3 is 14.4 Å². The van der Waals surface area contributed by atoms with Gasteiger partial charge in [0, 0.05) is 18.2 Å². The molecule has 32 heavy (non-hydrogen) atoms. The average Bonchev–Trinajstić information content (AvgIpc) is 2.86. The highest BCUT2D eigenvalue weighted by Gasteiger charge is 2.24. The van der Waals surface area contributed by atoms with Crippen molar-refractivity contribution in [3.05, 3.63) is 108 Å². The van der Waals surface area contributed by atoms with Crippen molar-refractivity contribution in [2.45, 2.75) is 12.5 Å². The summed E-state index contributed by atoms with van der Waals surface area (Å²) < 4.78 is 10.8. The second-order valence-electron chi connectivity index (χ2n) is 7.54. The molecule has 1 unspecified atom stereocenters. The fourth-order valence-corrected chi connectivity index (χ4v) is 3.68. The first-order valence-electron chi connectivity index (χ1n) is 10.4. The van der Waals surface area contributed by atoms with Crippen molar-refractivity contribution in [3.8, 4) is 11.5 Å². The van der Waals surface area contributed by atoms with Gasteiger partial charge in [0.2, 0.25) is 0 Å². The van der Waals surface area contributed by atoms with E-state index in [2.05, 4.69) is 13.2 Å². The molecule has 0 aliphatic carbocycles. The third kappa shape index (κ3) is 5.09. The lowest BCUT2D eigenvalue weighted by atomic mass is 9.93. The fourth-order valence-electron chi connectivity index (χ4n) is 3.68. The quantitative estimate of drug-likeness (QED) is 0.404. The van der Waals surface area contributed by atoms with E-state index < -0.39 is 0 Å². The Morgan fingerprint density at radius 1 is 0.969 bits per heavy atom. The molecule has 0 radical (unpaired) electrons. The van der Waals surface area contributed by atoms with E-state index in [1.165, 1.54) is 0 Å². The summed E-state index contributed by atoms with van der Waals surface area (Å²) in [5.74, 6) is 1.47. The summed E-state index contributed by atoms with van der Waals surface area (Å²) in [6.07, 6.45) is 2.33. The van der Waals surface area contributed by atoms with E-state index in [9.17, 15) is 4.79 Å². The van der Waals surface area contributed by atoms with Gasteiger partial charge in [-0.25, -0.2) is 0 Å². The van der Waals surface area contributed by atoms with Gasteiger partial charge in [0.05, 0.1) is 20.3 Å². The van der Waals surface area contributed by atoms with Crippen molar-refractivity contribution in [2.75, 3.05) is 21.3 Å². The molecule has 0 aliphatic heterocycles. The molecule has 0 N–H and O–H groups in total. The van der Waals surface area contributed by atoms with Crippen LogP contribution >= 0.6 is 0 Å². The summed E-state index contributed by atoms with van der Waals surface area (Å²) in [5.41, 5.74) is 4.45. The molecular weight excluding hydrogens is 398 g/mol. The summed E-state index contributed by atoms with van der Waals surface area (Å²) in [5, 5.41) is 0. The Morgan fingerprint density at radius 3 is 2.25 bits per heavy atom. The van der Waals surface area contributed by atoms with Gasteiger partial charge in [0.15, 0.2) is 0 Å². The van der Waals surface area contributed by atoms with E-state index >= 15 is 0 Å². The predicted molar refractivity (Wildman–Crippen MR) is 131 cm³/mol. The standard InChI is InChI=1S/C28H29NO3/c1-6-21-12-13-24(19-27(21)32-5)20(2)18-26(22-14-16-25(31-4)17-15-22)29(3)28(30)23-10-8-7-9-11-23/h6-17,19,26H,1-2,18H2,3-5H3. The highest BCUT2D eigenvalue weighted by atomic mass is 16.5. The van der Waals surface area contributed by atoms with Gasteiger partial charge in [-0.05, 0) is 53.5 Å². The van der Waals surface area contributed by atoms with E-state index in [1.807, 2.05) is 79.8 Å². The Kier molecular flexibility index (Phi) is 7.50. The lowest BCUT2D eigenvalue weighted by molar-refractivity contribution is 0.0733. The zero-order chi connectivity index (χ0) is 23.1. The minimum absolute atomic E-state index is 0.0428. The maximum atomic E-state index is 13.2. The molecule has 3 aromatic rings. The van der Waals surface area contributed by atoms with Gasteiger partial charge >= 0.3 is 0 Å². The molecule has 4 heteroatoms. The highest BCUT2D eigenvalue weighted by molar-refractivity contribution is 5.94. The van der Waals surface area contributed by atoms with Gasteiger partial charge in [-0.2, -0.15) is 0 Å². The van der Waals surface area contributed by atoms with Crippen LogP contribution in [0.1, 0.15) is 39.5 Å². The number of hydrogen-bond acceptors (Lipinski definition) is 3. The predicted octanol–water partition coefficient (Wildman–Crippen LogP) is 6.26. The summed E-state index contributed by atoms with van der Waals surface area (Å²) in [4.78, 5) is 15.0. The maximum absolute atomic E-state index is 13.2. The Balaban J connectivity index is 1.94. The van der Waals surface area contributed by atoms with Crippen molar-refractivity contribution in [1.82, 2.24) is 4.90 Å². The van der Waals surface area contributed by atoms with Crippen LogP contribution in [0.25, 0.3) is 11.6 Å². The third-order valence-electron chi connectivity index (χ3n) is 5.61. The minimum atomic E-state index is -0.203. The number of carbonyl (C=O) groups is 1. The molecule has 0 aliphatic rings. The van der Waals surface area contributed by atoms with E-state index in [-0.39, 0.29) is 11.9 Å². The van der Waals surface area contributed by atoms with E-state index in [1.54, 1.807) is 25.2 Å². The molecule has 4 nitrogen and oxygen atoms in total. The Bertz CT molecular complexity index is 1090. The molecule has 164 valence electrons. The Labute approximate surface area is 190 Å². The van der Waals surface area contributed by atoms with Crippen LogP contribution in [0.4, 0.5) is 0 Å². The van der Waals surface area contributed by atoms with Gasteiger partial charge in [-0.3, -0.25) is 4.79 Å². The first-order valence-corrected chi connectivity index (χ1v) is 10.4. The minimum Gasteiger partial charge on any atom is -0.497 e. The summed E-state index contributed by atoms with van der Waals surface area (Å²) >= 11 is 0. The number of rotatable bonds is 9. The number of carbonyl (C=O) groups excluding carboxylic acids is 1. The molecule has 0 spiro atoms. The van der Waals surface area contributed by atoms with Crippen LogP contribution in [0.15, 0.2) is 86.0 Å². The smallest absolute Gasteiger partial charge is 0.254 e. The molecule has 3 rings (SSSR count). The summed E-state index contributed by atoms with van der Waals surface area (Å²) in [6.45, 7) is 8.16. The zero-order valence-electron chi connectivity index (χ0n) is 18.9. The van der Waals surface area contributed by atoms with Crippen molar-refractivity contribution in [2.24, 2.45) is 0 Å². The van der Waals surface area contributed by atoms with Crippen LogP contribution in [0, 0.1) is 0 Å². The summed E-state index contributed by atoms with van der Waals surface area (Å²) in [6, 6.07) is 22.8. The second-order valence-corrected chi connectivity index (χ2v) is 7.54. The average molecular weight is 428 g/mol. The van der Waals surface area contributed by atoms with Crippen LogP contribution in [-0.4, -0.2) is 32.1 Å². The second kappa shape index (κ2) is 10.5. The molecule has 0 bridgehead atoms. The number of hydrogen-bond donors (Lipinski definition) is 0. The monoisotopic (exact) mass is 427 g/mol. The van der Waals surface area contributed by atoms with Crippen LogP contribution in [0.2, 0.25) is 0 Å². The molecule has 0 heterocycles. The molecule has 0 aromatic heterocycles. The van der Waals surface area contributed by atoms with E-state index in [0.717, 1.165) is 33.8 Å². The van der Waals surface area contributed by atoms with Crippen LogP contribution in [0.3, 0.4) is 0 Å². The normalized spacial score (nSPS) is 11.3. The van der Waals surface area contributed by atoms with Gasteiger partial charge in [0.1, 0.15) is 11.5 Å². The van der Waals surface area contributed by atoms with Gasteiger partial charge in [-0.1, -0.05) is 61.7 Å². The summed E-state index contributed by atoms with van der Waals surface area (Å²) in [7, 11) is 5.11. The topological polar surface area (TPSA) is 38.8 Å². The molecule has 3 aromatic carbocycles. The van der Waals surface area contributed by atoms with Crippen molar-refractivity contribution < 1.29 is 14.3 Å². The molecule has 0 saturated carbocycles. The van der Waals surface area contributed by atoms with Gasteiger partial charge in [0.25, 0.3) is 5.91 Å². The van der Waals surface area contributed by atoms with Crippen molar-refractivity contribution in [3.63, 3.8) is 0 Å². The molecule has 0 fully saturated rings. The van der Waals surface area contributed by atoms with Crippen LogP contribution < -0.4 is 9.47 Å². The zero-order valence-corrected chi connectivity index (χ0v) is 18.9. The number of amides is 1. The number of ether oxygens (including phenoxy) is 2. The number of benzene rings is 3. The molecule has 1 atom stereocenters. The first-order chi connectivity index (χ1) is 15.5. The third-order valence-corrected chi connectivity index (χ3v) is 5.61. The molecular formula is C28H29NO3. The van der Waals surface area contributed by atoms with Crippen molar-refractivity contribution >= 4 is 17.6 Å². The van der Waals surface area contributed by atoms with Crippen LogP contribution in [0.5, 0.6) is 11.5 Å². The first kappa shape index (κ1) is 22.9. The van der Waals surface area contributed by atoms with Crippen LogP contribution in [-0.2, 0) is 0 Å². The van der Waals surface area contributed by atoms with Crippen molar-refractivity contribution in [1.29, 1.82) is 0 Å². The molecule has 0 saturated heterocycles. The Morgan fingerprint density at radius 2 is 1.66 bits per heavy atom. The fraction of sp³-hybridized carbons (Fsp3) is 0.179. The largest absolute Gasteiger partial charge is 0.497 e. The highest BCUT2D eigenvalue weighted by Crippen LogP contribution is 2.34. The Hall–Kier alpha value is -3.79. The van der Waals surface area contributed by atoms with E-state index in [0.29, 0.717) is 12.0 Å². The molecule has 1 amide bonds. The van der Waals surface area contributed by atoms with E-state index in [4.69, 9.17) is 9.47 Å². The lowest BCUT2D eigenvalue weighted by Gasteiger charge is -2.30. The number of methoxy groups -OCH3 is 2. The maximum Gasteiger partial charge on any atom is 0.254 e. The van der Waals surface area contributed by atoms with Gasteiger partial charge in [-0.15, -0.1) is 0 Å². The SMILES string of the molecule is C=Cc1ccc(C(=C)CC(c2ccc(OC)cc2)N(C)C(=O)c2ccccc2)cc1OC.